The molecule has 0 spiro atoms. The molecule has 0 aliphatic carbocycles. The fraction of sp³-hybridized carbons (Fsp3) is 0.682. The Morgan fingerprint density at radius 2 is 2.14 bits per heavy atom. The van der Waals surface area contributed by atoms with Gasteiger partial charge in [0.1, 0.15) is 0 Å². The van der Waals surface area contributed by atoms with E-state index in [9.17, 15) is 9.90 Å². The van der Waals surface area contributed by atoms with E-state index in [1.807, 2.05) is 0 Å². The number of hydrogen-bond donors (Lipinski definition) is 1. The smallest absolute Gasteiger partial charge is 0.246 e. The van der Waals surface area contributed by atoms with Crippen LogP contribution in [0.15, 0.2) is 24.3 Å². The fourth-order valence-corrected chi connectivity index (χ4v) is 8.37. The predicted octanol–water partition coefficient (Wildman–Crippen LogP) is 4.55. The van der Waals surface area contributed by atoms with Crippen molar-refractivity contribution in [2.24, 2.45) is 5.92 Å². The number of rotatable bonds is 7. The Hall–Kier alpha value is -0.513. The lowest BCUT2D eigenvalue weighted by molar-refractivity contribution is -0.135. The molecule has 2 fully saturated rings. The molecule has 7 heteroatoms. The average Bonchev–Trinajstić information content (AvgIpc) is 3.24. The molecule has 162 valence electrons. The van der Waals surface area contributed by atoms with Crippen molar-refractivity contribution in [2.45, 2.75) is 75.9 Å². The second-order valence-electron chi connectivity index (χ2n) is 9.10. The SMILES string of the molecule is C[C@H]1[C@H]([Si](C)(C)F)[C@@H](CC(=O)N2CCC[C@H]2CO)O[C@H]1CCc1cccc(I)c1. The Bertz CT molecular complexity index is 714. The highest BCUT2D eigenvalue weighted by atomic mass is 127. The molecule has 1 N–H and O–H groups in total. The molecule has 3 rings (SSSR count). The van der Waals surface area contributed by atoms with E-state index in [1.54, 1.807) is 18.0 Å². The maximum absolute atomic E-state index is 15.2. The molecule has 29 heavy (non-hydrogen) atoms. The van der Waals surface area contributed by atoms with Crippen LogP contribution in [-0.2, 0) is 16.0 Å². The van der Waals surface area contributed by atoms with Crippen molar-refractivity contribution >= 4 is 36.9 Å². The first-order valence-corrected chi connectivity index (χ1v) is 14.7. The molecule has 5 atom stereocenters. The van der Waals surface area contributed by atoms with Crippen molar-refractivity contribution in [3.8, 4) is 0 Å². The lowest BCUT2D eigenvalue weighted by atomic mass is 9.95. The summed E-state index contributed by atoms with van der Waals surface area (Å²) in [5, 5.41) is 9.53. The van der Waals surface area contributed by atoms with Crippen LogP contribution in [0.3, 0.4) is 0 Å². The molecule has 0 saturated carbocycles. The molecule has 0 radical (unpaired) electrons. The minimum Gasteiger partial charge on any atom is -0.394 e. The molecule has 0 aromatic heterocycles. The number of carbonyl (C=O) groups is 1. The molecule has 4 nitrogen and oxygen atoms in total. The second kappa shape index (κ2) is 9.74. The highest BCUT2D eigenvalue weighted by molar-refractivity contribution is 14.1. The molecule has 2 heterocycles. The summed E-state index contributed by atoms with van der Waals surface area (Å²) in [6.07, 6.45) is 3.35. The van der Waals surface area contributed by atoms with E-state index in [0.29, 0.717) is 6.54 Å². The van der Waals surface area contributed by atoms with Gasteiger partial charge in [-0.3, -0.25) is 4.79 Å². The number of benzene rings is 1. The number of hydrogen-bond acceptors (Lipinski definition) is 3. The number of aryl methyl sites for hydroxylation is 1. The first-order valence-electron chi connectivity index (χ1n) is 10.7. The maximum atomic E-state index is 15.2. The van der Waals surface area contributed by atoms with E-state index in [0.717, 1.165) is 25.7 Å². The van der Waals surface area contributed by atoms with Gasteiger partial charge >= 0.3 is 0 Å². The van der Waals surface area contributed by atoms with E-state index < -0.39 is 8.41 Å². The van der Waals surface area contributed by atoms with Crippen LogP contribution >= 0.6 is 22.6 Å². The molecule has 0 unspecified atom stereocenters. The zero-order valence-electron chi connectivity index (χ0n) is 17.6. The topological polar surface area (TPSA) is 49.8 Å². The van der Waals surface area contributed by atoms with Crippen LogP contribution in [-0.4, -0.2) is 55.7 Å². The normalized spacial score (nSPS) is 30.1. The van der Waals surface area contributed by atoms with Gasteiger partial charge in [-0.25, -0.2) is 0 Å². The summed E-state index contributed by atoms with van der Waals surface area (Å²) in [5.41, 5.74) is 1.09. The number of carbonyl (C=O) groups excluding carboxylic acids is 1. The summed E-state index contributed by atoms with van der Waals surface area (Å²) < 4.78 is 22.8. The Morgan fingerprint density at radius 1 is 1.38 bits per heavy atom. The summed E-state index contributed by atoms with van der Waals surface area (Å²) in [7, 11) is -2.99. The minimum absolute atomic E-state index is 0.000244. The number of amides is 1. The third-order valence-corrected chi connectivity index (χ3v) is 9.74. The summed E-state index contributed by atoms with van der Waals surface area (Å²) >= 11 is 2.32. The van der Waals surface area contributed by atoms with Crippen LogP contribution in [0, 0.1) is 9.49 Å². The van der Waals surface area contributed by atoms with E-state index in [2.05, 4.69) is 53.8 Å². The van der Waals surface area contributed by atoms with Crippen molar-refractivity contribution in [1.82, 2.24) is 4.90 Å². The third-order valence-electron chi connectivity index (χ3n) is 6.59. The van der Waals surface area contributed by atoms with Gasteiger partial charge in [-0.15, -0.1) is 0 Å². The van der Waals surface area contributed by atoms with Crippen LogP contribution in [0.25, 0.3) is 0 Å². The number of likely N-dealkylation sites (tertiary alicyclic amines) is 1. The van der Waals surface area contributed by atoms with Crippen LogP contribution in [0.5, 0.6) is 0 Å². The summed E-state index contributed by atoms with van der Waals surface area (Å²) in [6.45, 7) is 6.25. The molecular formula is C22H33FINO3Si. The molecule has 2 saturated heterocycles. The van der Waals surface area contributed by atoms with Crippen molar-refractivity contribution in [1.29, 1.82) is 0 Å². The van der Waals surface area contributed by atoms with Gasteiger partial charge in [0.25, 0.3) is 0 Å². The van der Waals surface area contributed by atoms with Crippen molar-refractivity contribution < 1.29 is 18.7 Å². The first-order chi connectivity index (χ1) is 13.7. The highest BCUT2D eigenvalue weighted by Crippen LogP contribution is 2.47. The second-order valence-corrected chi connectivity index (χ2v) is 14.1. The summed E-state index contributed by atoms with van der Waals surface area (Å²) in [4.78, 5) is 14.7. The fourth-order valence-electron chi connectivity index (χ4n) is 5.22. The van der Waals surface area contributed by atoms with Crippen molar-refractivity contribution in [3.05, 3.63) is 33.4 Å². The molecule has 1 aromatic rings. The van der Waals surface area contributed by atoms with Crippen LogP contribution in [0.2, 0.25) is 18.6 Å². The monoisotopic (exact) mass is 533 g/mol. The van der Waals surface area contributed by atoms with E-state index in [1.165, 1.54) is 9.13 Å². The zero-order valence-corrected chi connectivity index (χ0v) is 20.8. The summed E-state index contributed by atoms with van der Waals surface area (Å²) in [6, 6.07) is 8.34. The molecular weight excluding hydrogens is 500 g/mol. The molecule has 1 amide bonds. The third kappa shape index (κ3) is 5.60. The summed E-state index contributed by atoms with van der Waals surface area (Å²) in [5.74, 6) is 0.106. The number of ether oxygens (including phenoxy) is 1. The van der Waals surface area contributed by atoms with Gasteiger partial charge in [-0.2, -0.15) is 0 Å². The number of aliphatic hydroxyl groups is 1. The Morgan fingerprint density at radius 3 is 2.79 bits per heavy atom. The van der Waals surface area contributed by atoms with Gasteiger partial charge < -0.3 is 18.9 Å². The number of halogens is 2. The molecule has 2 aliphatic heterocycles. The van der Waals surface area contributed by atoms with Gasteiger partial charge in [-0.1, -0.05) is 19.1 Å². The number of nitrogens with zero attached hydrogens (tertiary/aromatic N) is 1. The molecule has 2 aliphatic rings. The maximum Gasteiger partial charge on any atom is 0.246 e. The number of aliphatic hydroxyl groups excluding tert-OH is 1. The highest BCUT2D eigenvalue weighted by Gasteiger charge is 2.51. The van der Waals surface area contributed by atoms with E-state index >= 15 is 4.11 Å². The largest absolute Gasteiger partial charge is 0.394 e. The quantitative estimate of drug-likeness (QED) is 0.318. The molecule has 0 bridgehead atoms. The van der Waals surface area contributed by atoms with Crippen molar-refractivity contribution in [2.75, 3.05) is 13.2 Å². The zero-order chi connectivity index (χ0) is 21.2. The van der Waals surface area contributed by atoms with E-state index in [4.69, 9.17) is 4.74 Å². The van der Waals surface area contributed by atoms with Crippen molar-refractivity contribution in [3.63, 3.8) is 0 Å². The molecule has 1 aromatic carbocycles. The van der Waals surface area contributed by atoms with E-state index in [-0.39, 0.29) is 48.6 Å². The van der Waals surface area contributed by atoms with Gasteiger partial charge in [0.05, 0.1) is 31.3 Å². The van der Waals surface area contributed by atoms with Crippen LogP contribution in [0.4, 0.5) is 4.11 Å². The Kier molecular flexibility index (Phi) is 7.78. The van der Waals surface area contributed by atoms with Crippen LogP contribution in [0.1, 0.15) is 38.2 Å². The van der Waals surface area contributed by atoms with Gasteiger partial charge in [0.2, 0.25) is 14.3 Å². The lowest BCUT2D eigenvalue weighted by Gasteiger charge is -2.30. The van der Waals surface area contributed by atoms with Crippen LogP contribution < -0.4 is 0 Å². The first kappa shape index (κ1) is 23.2. The Labute approximate surface area is 188 Å². The average molecular weight is 533 g/mol. The Balaban J connectivity index is 1.67. The minimum atomic E-state index is -2.99. The van der Waals surface area contributed by atoms with Gasteiger partial charge in [0.15, 0.2) is 0 Å². The predicted molar refractivity (Wildman–Crippen MR) is 124 cm³/mol. The lowest BCUT2D eigenvalue weighted by Crippen LogP contribution is -2.42. The standard InChI is InChI=1S/C22H33FINO3Si/c1-15-19(10-9-16-6-4-7-17(24)12-16)28-20(22(15)29(2,3)23)13-21(27)25-11-5-8-18(25)14-26/h4,6-7,12,15,18-20,22,26H,5,8-11,13-14H2,1-3H3/t15-,18+,19+,20-,22+/m1/s1. The van der Waals surface area contributed by atoms with Gasteiger partial charge in [0, 0.05) is 15.7 Å². The van der Waals surface area contributed by atoms with Gasteiger partial charge in [-0.05, 0) is 85.0 Å².